The summed E-state index contributed by atoms with van der Waals surface area (Å²) in [5.74, 6) is 0.0508. The number of rotatable bonds is 8. The molecule has 212 valence electrons. The number of nitrogens with zero attached hydrogens (tertiary/aromatic N) is 3. The number of likely N-dealkylation sites (tertiary alicyclic amines) is 1. The lowest BCUT2D eigenvalue weighted by Crippen LogP contribution is -2.62. The molecule has 0 bridgehead atoms. The molecule has 2 saturated heterocycles. The average molecular weight is 556 g/mol. The van der Waals surface area contributed by atoms with Crippen molar-refractivity contribution in [3.05, 3.63) is 64.2 Å². The first-order chi connectivity index (χ1) is 18.9. The van der Waals surface area contributed by atoms with Crippen LogP contribution >= 0.6 is 0 Å². The Labute approximate surface area is 230 Å². The minimum atomic E-state index is -4.61. The highest BCUT2D eigenvalue weighted by Gasteiger charge is 2.52. The predicted octanol–water partition coefficient (Wildman–Crippen LogP) is 4.00. The van der Waals surface area contributed by atoms with Crippen molar-refractivity contribution in [3.8, 4) is 0 Å². The maximum absolute atomic E-state index is 14.2. The van der Waals surface area contributed by atoms with E-state index in [1.54, 1.807) is 31.3 Å². The Morgan fingerprint density at radius 1 is 1.23 bits per heavy atom. The van der Waals surface area contributed by atoms with Crippen molar-refractivity contribution in [2.24, 2.45) is 5.92 Å². The van der Waals surface area contributed by atoms with Gasteiger partial charge in [-0.3, -0.25) is 20.5 Å². The number of amides is 1. The third-order valence-corrected chi connectivity index (χ3v) is 8.80. The van der Waals surface area contributed by atoms with Crippen molar-refractivity contribution < 1.29 is 27.8 Å². The van der Waals surface area contributed by atoms with E-state index in [9.17, 15) is 23.1 Å². The number of hydrogen-bond acceptors (Lipinski definition) is 6. The third kappa shape index (κ3) is 4.59. The van der Waals surface area contributed by atoms with Gasteiger partial charge in [0, 0.05) is 49.8 Å². The number of β-amino-alcohol motifs (C(OH)–C–C–N with tert-alkyl or cyclic N) is 1. The molecule has 0 aromatic heterocycles. The first-order valence-corrected chi connectivity index (χ1v) is 13.4. The zero-order valence-electron chi connectivity index (χ0n) is 22.2. The first kappa shape index (κ1) is 26.9. The number of carbonyl (C=O) groups excluding carboxylic acids is 1. The number of alkyl halides is 3. The molecule has 0 radical (unpaired) electrons. The molecule has 0 unspecified atom stereocenters. The van der Waals surface area contributed by atoms with Crippen LogP contribution in [0.2, 0.25) is 0 Å². The lowest BCUT2D eigenvalue weighted by atomic mass is 9.75. The lowest BCUT2D eigenvalue weighted by molar-refractivity contribution is -0.138. The smallest absolute Gasteiger partial charge is 0.387 e. The van der Waals surface area contributed by atoms with Crippen molar-refractivity contribution in [1.29, 1.82) is 10.8 Å². The van der Waals surface area contributed by atoms with E-state index in [4.69, 9.17) is 15.6 Å². The van der Waals surface area contributed by atoms with Gasteiger partial charge in [-0.15, -0.1) is 0 Å². The second kappa shape index (κ2) is 9.39. The molecular formula is C29H32F3N5O3. The topological polar surface area (TPSA) is 104 Å². The molecule has 3 aliphatic heterocycles. The largest absolute Gasteiger partial charge is 0.416 e. The summed E-state index contributed by atoms with van der Waals surface area (Å²) in [6, 6.07) is 9.88. The molecule has 3 N–H and O–H groups in total. The second-order valence-electron chi connectivity index (χ2n) is 11.8. The average Bonchev–Trinajstić information content (AvgIpc) is 3.68. The van der Waals surface area contributed by atoms with Gasteiger partial charge in [0.15, 0.2) is 0 Å². The molecule has 11 heteroatoms. The fourth-order valence-corrected chi connectivity index (χ4v) is 6.24. The van der Waals surface area contributed by atoms with E-state index in [-0.39, 0.29) is 36.0 Å². The number of anilines is 1. The standard InChI is InChI=1S/C29H32F3N5O3/c1-35(17-33)25(34)10-27(15-40-16-27)20-3-2-4-21(9-20)37-12-23-22(26(37)38)7-18(8-24(23)29(30,31)32)11-36-13-28(39,14-36)19-5-6-19/h2-4,7-9,17,19,33-34,39H,5-6,10-16H2,1H3. The Hall–Kier alpha value is -3.28. The number of halogens is 3. The summed E-state index contributed by atoms with van der Waals surface area (Å²) in [5.41, 5.74) is -0.277. The number of aliphatic hydroxyl groups is 1. The summed E-state index contributed by atoms with van der Waals surface area (Å²) < 4.78 is 48.1. The summed E-state index contributed by atoms with van der Waals surface area (Å²) in [5, 5.41) is 26.4. The minimum Gasteiger partial charge on any atom is -0.387 e. The molecule has 1 saturated carbocycles. The van der Waals surface area contributed by atoms with E-state index in [1.807, 2.05) is 11.0 Å². The van der Waals surface area contributed by atoms with Crippen molar-refractivity contribution in [3.63, 3.8) is 0 Å². The number of amidine groups is 1. The van der Waals surface area contributed by atoms with Crippen molar-refractivity contribution >= 4 is 23.8 Å². The Bertz CT molecular complexity index is 1380. The van der Waals surface area contributed by atoms with E-state index in [1.165, 1.54) is 9.80 Å². The van der Waals surface area contributed by atoms with Gasteiger partial charge in [-0.2, -0.15) is 13.2 Å². The van der Waals surface area contributed by atoms with Crippen LogP contribution in [0.5, 0.6) is 0 Å². The number of carbonyl (C=O) groups is 1. The summed E-state index contributed by atoms with van der Waals surface area (Å²) in [6.45, 7) is 1.66. The van der Waals surface area contributed by atoms with Gasteiger partial charge < -0.3 is 19.6 Å². The molecule has 3 heterocycles. The van der Waals surface area contributed by atoms with Crippen LogP contribution in [0.25, 0.3) is 0 Å². The number of fused-ring (bicyclic) bond motifs is 1. The van der Waals surface area contributed by atoms with Gasteiger partial charge in [-0.1, -0.05) is 12.1 Å². The summed E-state index contributed by atoms with van der Waals surface area (Å²) in [4.78, 5) is 18.3. The quantitative estimate of drug-likeness (QED) is 0.338. The van der Waals surface area contributed by atoms with Crippen LogP contribution in [-0.2, 0) is 29.4 Å². The van der Waals surface area contributed by atoms with Crippen molar-refractivity contribution in [1.82, 2.24) is 9.80 Å². The molecule has 0 spiro atoms. The van der Waals surface area contributed by atoms with Gasteiger partial charge in [0.25, 0.3) is 5.91 Å². The summed E-state index contributed by atoms with van der Waals surface area (Å²) in [7, 11) is 1.63. The number of nitrogens with one attached hydrogen (secondary N) is 2. The van der Waals surface area contributed by atoms with Gasteiger partial charge in [0.2, 0.25) is 0 Å². The van der Waals surface area contributed by atoms with E-state index in [0.717, 1.165) is 30.8 Å². The zero-order chi connectivity index (χ0) is 28.4. The Morgan fingerprint density at radius 3 is 2.55 bits per heavy atom. The monoisotopic (exact) mass is 555 g/mol. The Kier molecular flexibility index (Phi) is 6.32. The summed E-state index contributed by atoms with van der Waals surface area (Å²) in [6.07, 6.45) is -1.25. The highest BCUT2D eigenvalue weighted by Crippen LogP contribution is 2.46. The molecule has 6 rings (SSSR count). The Morgan fingerprint density at radius 2 is 1.95 bits per heavy atom. The molecule has 40 heavy (non-hydrogen) atoms. The zero-order valence-corrected chi connectivity index (χ0v) is 22.2. The van der Waals surface area contributed by atoms with E-state index in [2.05, 4.69) is 0 Å². The number of hydrogen-bond donors (Lipinski definition) is 3. The SMILES string of the molecule is CN(C=N)C(=N)CC1(c2cccc(N3Cc4c(cc(CN5CC(O)(C6CC6)C5)cc4C(F)(F)F)C3=O)c2)COC1. The molecule has 8 nitrogen and oxygen atoms in total. The van der Waals surface area contributed by atoms with Gasteiger partial charge >= 0.3 is 6.18 Å². The highest BCUT2D eigenvalue weighted by atomic mass is 19.4. The lowest BCUT2D eigenvalue weighted by Gasteiger charge is -2.47. The molecule has 4 aliphatic rings. The van der Waals surface area contributed by atoms with Gasteiger partial charge in [-0.05, 0) is 59.7 Å². The van der Waals surface area contributed by atoms with Crippen LogP contribution in [0.1, 0.15) is 51.9 Å². The normalized spacial score (nSPS) is 21.4. The predicted molar refractivity (Wildman–Crippen MR) is 143 cm³/mol. The van der Waals surface area contributed by atoms with Crippen molar-refractivity contribution in [2.75, 3.05) is 38.3 Å². The second-order valence-corrected chi connectivity index (χ2v) is 11.8. The minimum absolute atomic E-state index is 0.0270. The molecule has 2 aromatic carbocycles. The maximum atomic E-state index is 14.2. The van der Waals surface area contributed by atoms with Gasteiger partial charge in [0.05, 0.1) is 37.3 Å². The van der Waals surface area contributed by atoms with Crippen LogP contribution in [0.3, 0.4) is 0 Å². The van der Waals surface area contributed by atoms with Crippen molar-refractivity contribution in [2.45, 2.75) is 49.5 Å². The fourth-order valence-electron chi connectivity index (χ4n) is 6.24. The summed E-state index contributed by atoms with van der Waals surface area (Å²) >= 11 is 0. The third-order valence-electron chi connectivity index (χ3n) is 8.80. The maximum Gasteiger partial charge on any atom is 0.416 e. The van der Waals surface area contributed by atoms with Crippen LogP contribution in [0.4, 0.5) is 18.9 Å². The van der Waals surface area contributed by atoms with Crippen LogP contribution in [0, 0.1) is 16.7 Å². The number of ether oxygens (including phenoxy) is 1. The van der Waals surface area contributed by atoms with Crippen LogP contribution in [-0.4, -0.2) is 71.9 Å². The first-order valence-electron chi connectivity index (χ1n) is 13.4. The molecule has 1 amide bonds. The molecule has 3 fully saturated rings. The molecule has 2 aromatic rings. The molecule has 1 aliphatic carbocycles. The molecular weight excluding hydrogens is 523 g/mol. The van der Waals surface area contributed by atoms with Crippen LogP contribution < -0.4 is 4.90 Å². The van der Waals surface area contributed by atoms with Gasteiger partial charge in [-0.25, -0.2) is 0 Å². The Balaban J connectivity index is 1.26. The number of benzene rings is 2. The van der Waals surface area contributed by atoms with E-state index < -0.39 is 28.7 Å². The highest BCUT2D eigenvalue weighted by molar-refractivity contribution is 6.10. The van der Waals surface area contributed by atoms with Crippen LogP contribution in [0.15, 0.2) is 36.4 Å². The van der Waals surface area contributed by atoms with E-state index >= 15 is 0 Å². The van der Waals surface area contributed by atoms with E-state index in [0.29, 0.717) is 44.0 Å². The van der Waals surface area contributed by atoms with Gasteiger partial charge in [0.1, 0.15) is 5.84 Å². The fraction of sp³-hybridized carbons (Fsp3) is 0.483. The molecule has 0 atom stereocenters.